The molecule has 0 heterocycles. The molecule has 1 amide bonds. The lowest BCUT2D eigenvalue weighted by Gasteiger charge is -2.39. The van der Waals surface area contributed by atoms with E-state index in [0.717, 1.165) is 31.1 Å². The SMILES string of the molecule is O=C(NC1(C(=O)O)CCC1)C1CC2CC2C1. The van der Waals surface area contributed by atoms with Gasteiger partial charge in [0, 0.05) is 5.92 Å². The van der Waals surface area contributed by atoms with Gasteiger partial charge in [0.15, 0.2) is 0 Å². The van der Waals surface area contributed by atoms with Gasteiger partial charge in [-0.3, -0.25) is 4.79 Å². The van der Waals surface area contributed by atoms with Crippen LogP contribution in [0.1, 0.15) is 38.5 Å². The highest BCUT2D eigenvalue weighted by molar-refractivity contribution is 5.89. The second-order valence-electron chi connectivity index (χ2n) is 5.65. The van der Waals surface area contributed by atoms with E-state index >= 15 is 0 Å². The number of rotatable bonds is 3. The zero-order valence-electron chi connectivity index (χ0n) is 9.24. The summed E-state index contributed by atoms with van der Waals surface area (Å²) in [6.45, 7) is 0. The van der Waals surface area contributed by atoms with Crippen LogP contribution >= 0.6 is 0 Å². The van der Waals surface area contributed by atoms with Gasteiger partial charge >= 0.3 is 5.97 Å². The number of nitrogens with one attached hydrogen (secondary N) is 1. The Kier molecular flexibility index (Phi) is 2.03. The number of carbonyl (C=O) groups is 2. The molecule has 0 saturated heterocycles. The molecule has 0 radical (unpaired) electrons. The van der Waals surface area contributed by atoms with Gasteiger partial charge in [0.1, 0.15) is 5.54 Å². The van der Waals surface area contributed by atoms with Crippen molar-refractivity contribution in [1.29, 1.82) is 0 Å². The summed E-state index contributed by atoms with van der Waals surface area (Å²) in [6, 6.07) is 0. The molecule has 3 aliphatic carbocycles. The van der Waals surface area contributed by atoms with E-state index in [2.05, 4.69) is 5.32 Å². The van der Waals surface area contributed by atoms with Gasteiger partial charge in [-0.1, -0.05) is 0 Å². The third kappa shape index (κ3) is 1.43. The van der Waals surface area contributed by atoms with Gasteiger partial charge < -0.3 is 10.4 Å². The fourth-order valence-electron chi connectivity index (χ4n) is 3.19. The van der Waals surface area contributed by atoms with Gasteiger partial charge in [-0.15, -0.1) is 0 Å². The Morgan fingerprint density at radius 3 is 2.19 bits per heavy atom. The lowest BCUT2D eigenvalue weighted by atomic mass is 9.76. The van der Waals surface area contributed by atoms with Crippen molar-refractivity contribution in [2.45, 2.75) is 44.1 Å². The summed E-state index contributed by atoms with van der Waals surface area (Å²) >= 11 is 0. The van der Waals surface area contributed by atoms with E-state index < -0.39 is 11.5 Å². The zero-order chi connectivity index (χ0) is 11.3. The predicted octanol–water partition coefficient (Wildman–Crippen LogP) is 1.16. The van der Waals surface area contributed by atoms with Crippen LogP contribution < -0.4 is 5.32 Å². The Hall–Kier alpha value is -1.06. The van der Waals surface area contributed by atoms with Crippen molar-refractivity contribution < 1.29 is 14.7 Å². The molecular formula is C12H17NO3. The minimum absolute atomic E-state index is 0.0192. The molecule has 2 N–H and O–H groups in total. The Bertz CT molecular complexity index is 338. The molecule has 0 aromatic rings. The standard InChI is InChI=1S/C12H17NO3/c14-10(9-5-7-4-8(7)6-9)13-12(11(15)16)2-1-3-12/h7-9H,1-6H2,(H,13,14)(H,15,16). The molecule has 0 aromatic carbocycles. The molecular weight excluding hydrogens is 206 g/mol. The van der Waals surface area contributed by atoms with Crippen LogP contribution in [0, 0.1) is 17.8 Å². The fraction of sp³-hybridized carbons (Fsp3) is 0.833. The van der Waals surface area contributed by atoms with E-state index in [0.29, 0.717) is 12.8 Å². The number of amides is 1. The Balaban J connectivity index is 1.61. The summed E-state index contributed by atoms with van der Waals surface area (Å²) in [6.07, 6.45) is 5.33. The van der Waals surface area contributed by atoms with Crippen LogP contribution in [-0.4, -0.2) is 22.5 Å². The molecule has 0 spiro atoms. The summed E-state index contributed by atoms with van der Waals surface area (Å²) in [5.41, 5.74) is -0.927. The molecule has 2 unspecified atom stereocenters. The average Bonchev–Trinajstić information content (AvgIpc) is 2.78. The molecule has 3 saturated carbocycles. The Morgan fingerprint density at radius 1 is 1.12 bits per heavy atom. The van der Waals surface area contributed by atoms with Crippen LogP contribution in [0.3, 0.4) is 0 Å². The maximum Gasteiger partial charge on any atom is 0.329 e. The number of hydrogen-bond acceptors (Lipinski definition) is 2. The Morgan fingerprint density at radius 2 is 1.75 bits per heavy atom. The fourth-order valence-corrected chi connectivity index (χ4v) is 3.19. The van der Waals surface area contributed by atoms with E-state index in [-0.39, 0.29) is 11.8 Å². The molecule has 2 atom stereocenters. The van der Waals surface area contributed by atoms with Crippen LogP contribution in [0.15, 0.2) is 0 Å². The first-order valence-corrected chi connectivity index (χ1v) is 6.16. The molecule has 0 aliphatic heterocycles. The van der Waals surface area contributed by atoms with Crippen molar-refractivity contribution in [3.63, 3.8) is 0 Å². The molecule has 3 aliphatic rings. The molecule has 3 rings (SSSR count). The smallest absolute Gasteiger partial charge is 0.329 e. The zero-order valence-corrected chi connectivity index (χ0v) is 9.24. The summed E-state index contributed by atoms with van der Waals surface area (Å²) in [7, 11) is 0. The number of carboxylic acids is 1. The third-order valence-electron chi connectivity index (χ3n) is 4.59. The summed E-state index contributed by atoms with van der Waals surface area (Å²) in [5, 5.41) is 11.9. The molecule has 0 bridgehead atoms. The number of fused-ring (bicyclic) bond motifs is 1. The quantitative estimate of drug-likeness (QED) is 0.754. The van der Waals surface area contributed by atoms with Crippen molar-refractivity contribution in [2.24, 2.45) is 17.8 Å². The number of aliphatic carboxylic acids is 1. The minimum Gasteiger partial charge on any atom is -0.480 e. The van der Waals surface area contributed by atoms with Crippen LogP contribution in [0.2, 0.25) is 0 Å². The van der Waals surface area contributed by atoms with E-state index in [1.807, 2.05) is 0 Å². The lowest BCUT2D eigenvalue weighted by molar-refractivity contribution is -0.152. The summed E-state index contributed by atoms with van der Waals surface area (Å²) in [5.74, 6) is 0.723. The molecule has 0 aromatic heterocycles. The maximum atomic E-state index is 11.9. The first-order valence-electron chi connectivity index (χ1n) is 6.16. The number of hydrogen-bond donors (Lipinski definition) is 2. The second kappa shape index (κ2) is 3.22. The highest BCUT2D eigenvalue weighted by Crippen LogP contribution is 2.54. The largest absolute Gasteiger partial charge is 0.480 e. The molecule has 3 fully saturated rings. The normalized spacial score (nSPS) is 38.4. The Labute approximate surface area is 94.4 Å². The van der Waals surface area contributed by atoms with Crippen LogP contribution in [0.4, 0.5) is 0 Å². The van der Waals surface area contributed by atoms with E-state index in [4.69, 9.17) is 5.11 Å². The number of carboxylic acid groups (broad SMARTS) is 1. The van der Waals surface area contributed by atoms with Gasteiger partial charge in [-0.05, 0) is 50.4 Å². The topological polar surface area (TPSA) is 66.4 Å². The second-order valence-corrected chi connectivity index (χ2v) is 5.65. The van der Waals surface area contributed by atoms with Crippen LogP contribution in [0.25, 0.3) is 0 Å². The van der Waals surface area contributed by atoms with Crippen molar-refractivity contribution in [2.75, 3.05) is 0 Å². The lowest BCUT2D eigenvalue weighted by Crippen LogP contribution is -2.60. The van der Waals surface area contributed by atoms with Gasteiger partial charge in [-0.25, -0.2) is 4.79 Å². The van der Waals surface area contributed by atoms with Crippen molar-refractivity contribution in [3.05, 3.63) is 0 Å². The van der Waals surface area contributed by atoms with E-state index in [1.165, 1.54) is 6.42 Å². The predicted molar refractivity (Wildman–Crippen MR) is 56.7 cm³/mol. The first-order chi connectivity index (χ1) is 7.61. The molecule has 88 valence electrons. The number of carbonyl (C=O) groups excluding carboxylic acids is 1. The van der Waals surface area contributed by atoms with Crippen LogP contribution in [-0.2, 0) is 9.59 Å². The highest BCUT2D eigenvalue weighted by Gasteiger charge is 2.51. The van der Waals surface area contributed by atoms with Gasteiger partial charge in [0.05, 0.1) is 0 Å². The molecule has 4 nitrogen and oxygen atoms in total. The molecule has 4 heteroatoms. The maximum absolute atomic E-state index is 11.9. The van der Waals surface area contributed by atoms with Crippen molar-refractivity contribution in [1.82, 2.24) is 5.32 Å². The molecule has 16 heavy (non-hydrogen) atoms. The summed E-state index contributed by atoms with van der Waals surface area (Å²) < 4.78 is 0. The van der Waals surface area contributed by atoms with Crippen molar-refractivity contribution >= 4 is 11.9 Å². The van der Waals surface area contributed by atoms with Crippen molar-refractivity contribution in [3.8, 4) is 0 Å². The minimum atomic E-state index is -0.927. The van der Waals surface area contributed by atoms with Gasteiger partial charge in [0.2, 0.25) is 5.91 Å². The van der Waals surface area contributed by atoms with E-state index in [1.54, 1.807) is 0 Å². The monoisotopic (exact) mass is 223 g/mol. The first kappa shape index (κ1) is 10.1. The third-order valence-corrected chi connectivity index (χ3v) is 4.59. The van der Waals surface area contributed by atoms with Gasteiger partial charge in [0.25, 0.3) is 0 Å². The van der Waals surface area contributed by atoms with Crippen LogP contribution in [0.5, 0.6) is 0 Å². The van der Waals surface area contributed by atoms with Gasteiger partial charge in [-0.2, -0.15) is 0 Å². The van der Waals surface area contributed by atoms with E-state index in [9.17, 15) is 9.59 Å². The summed E-state index contributed by atoms with van der Waals surface area (Å²) in [4.78, 5) is 23.1. The average molecular weight is 223 g/mol. The highest BCUT2D eigenvalue weighted by atomic mass is 16.4.